The van der Waals surface area contributed by atoms with E-state index in [0.717, 1.165) is 64.2 Å². The lowest BCUT2D eigenvalue weighted by Crippen LogP contribution is -2.30. The number of unbranched alkanes of at least 4 members (excludes halogenated alkanes) is 31. The summed E-state index contributed by atoms with van der Waals surface area (Å²) < 4.78 is 16.8. The Morgan fingerprint density at radius 2 is 0.578 bits per heavy atom. The zero-order valence-corrected chi connectivity index (χ0v) is 42.6. The van der Waals surface area contributed by atoms with Gasteiger partial charge in [0.1, 0.15) is 13.2 Å². The largest absolute Gasteiger partial charge is 0.462 e. The van der Waals surface area contributed by atoms with Crippen LogP contribution in [0.2, 0.25) is 0 Å². The average Bonchev–Trinajstić information content (AvgIpc) is 3.29. The maximum atomic E-state index is 12.8. The molecule has 0 rings (SSSR count). The van der Waals surface area contributed by atoms with Crippen molar-refractivity contribution in [2.75, 3.05) is 13.2 Å². The van der Waals surface area contributed by atoms with Crippen molar-refractivity contribution in [3.05, 3.63) is 48.6 Å². The smallest absolute Gasteiger partial charge is 0.306 e. The Morgan fingerprint density at radius 3 is 0.938 bits per heavy atom. The van der Waals surface area contributed by atoms with Crippen molar-refractivity contribution < 1.29 is 28.6 Å². The molecule has 0 aromatic rings. The number of hydrogen-bond donors (Lipinski definition) is 0. The Morgan fingerprint density at radius 1 is 0.312 bits per heavy atom. The first kappa shape index (κ1) is 61.4. The van der Waals surface area contributed by atoms with Gasteiger partial charge in [-0.25, -0.2) is 0 Å². The highest BCUT2D eigenvalue weighted by molar-refractivity contribution is 5.71. The summed E-state index contributed by atoms with van der Waals surface area (Å²) in [7, 11) is 0. The monoisotopic (exact) mass is 897 g/mol. The molecule has 6 nitrogen and oxygen atoms in total. The van der Waals surface area contributed by atoms with Crippen LogP contribution in [0.3, 0.4) is 0 Å². The van der Waals surface area contributed by atoms with Crippen LogP contribution in [0, 0.1) is 0 Å². The third-order valence-electron chi connectivity index (χ3n) is 12.1. The second kappa shape index (κ2) is 53.0. The minimum Gasteiger partial charge on any atom is -0.462 e. The van der Waals surface area contributed by atoms with Crippen molar-refractivity contribution in [1.82, 2.24) is 0 Å². The number of esters is 3. The van der Waals surface area contributed by atoms with Gasteiger partial charge >= 0.3 is 17.9 Å². The molecule has 0 aliphatic rings. The highest BCUT2D eigenvalue weighted by atomic mass is 16.6. The van der Waals surface area contributed by atoms with Gasteiger partial charge in [0.15, 0.2) is 6.10 Å². The van der Waals surface area contributed by atoms with Gasteiger partial charge in [0.05, 0.1) is 0 Å². The molecule has 0 aliphatic carbocycles. The summed E-state index contributed by atoms with van der Waals surface area (Å²) in [5.41, 5.74) is 0. The third-order valence-corrected chi connectivity index (χ3v) is 12.1. The van der Waals surface area contributed by atoms with Crippen LogP contribution in [0.4, 0.5) is 0 Å². The molecule has 1 atom stereocenters. The molecule has 0 radical (unpaired) electrons. The average molecular weight is 897 g/mol. The second-order valence-electron chi connectivity index (χ2n) is 18.5. The van der Waals surface area contributed by atoms with Crippen LogP contribution in [-0.2, 0) is 28.6 Å². The van der Waals surface area contributed by atoms with E-state index in [9.17, 15) is 14.4 Å². The summed E-state index contributed by atoms with van der Waals surface area (Å²) in [5, 5.41) is 0. The molecule has 372 valence electrons. The van der Waals surface area contributed by atoms with Gasteiger partial charge in [0.2, 0.25) is 0 Å². The van der Waals surface area contributed by atoms with Gasteiger partial charge in [-0.15, -0.1) is 0 Å². The van der Waals surface area contributed by atoms with Crippen molar-refractivity contribution in [1.29, 1.82) is 0 Å². The Labute approximate surface area is 397 Å². The van der Waals surface area contributed by atoms with Crippen LogP contribution in [0.15, 0.2) is 48.6 Å². The quantitative estimate of drug-likeness (QED) is 0.0262. The zero-order chi connectivity index (χ0) is 46.5. The Kier molecular flexibility index (Phi) is 50.8. The maximum Gasteiger partial charge on any atom is 0.306 e. The first-order chi connectivity index (χ1) is 31.5. The number of carbonyl (C=O) groups is 3. The van der Waals surface area contributed by atoms with Crippen molar-refractivity contribution in [2.45, 2.75) is 290 Å². The second-order valence-corrected chi connectivity index (χ2v) is 18.5. The summed E-state index contributed by atoms with van der Waals surface area (Å²) in [5.74, 6) is -0.945. The molecule has 0 aromatic carbocycles. The van der Waals surface area contributed by atoms with Gasteiger partial charge in [0.25, 0.3) is 0 Å². The lowest BCUT2D eigenvalue weighted by atomic mass is 10.1. The fourth-order valence-corrected chi connectivity index (χ4v) is 7.87. The Hall–Kier alpha value is -2.63. The van der Waals surface area contributed by atoms with E-state index in [1.807, 2.05) is 0 Å². The van der Waals surface area contributed by atoms with Gasteiger partial charge in [-0.3, -0.25) is 14.4 Å². The topological polar surface area (TPSA) is 78.9 Å². The van der Waals surface area contributed by atoms with E-state index in [1.54, 1.807) is 0 Å². The van der Waals surface area contributed by atoms with Crippen molar-refractivity contribution in [3.63, 3.8) is 0 Å². The summed E-state index contributed by atoms with van der Waals surface area (Å²) in [4.78, 5) is 38.0. The van der Waals surface area contributed by atoms with Crippen LogP contribution in [0.25, 0.3) is 0 Å². The molecule has 0 aromatic heterocycles. The van der Waals surface area contributed by atoms with Crippen molar-refractivity contribution in [3.8, 4) is 0 Å². The molecule has 0 saturated heterocycles. The predicted octanol–water partition coefficient (Wildman–Crippen LogP) is 18.3. The van der Waals surface area contributed by atoms with E-state index in [2.05, 4.69) is 69.4 Å². The van der Waals surface area contributed by atoms with E-state index in [-0.39, 0.29) is 37.5 Å². The highest BCUT2D eigenvalue weighted by Crippen LogP contribution is 2.15. The number of carbonyl (C=O) groups excluding carboxylic acids is 3. The first-order valence-corrected chi connectivity index (χ1v) is 27.6. The van der Waals surface area contributed by atoms with Crippen molar-refractivity contribution >= 4 is 17.9 Å². The van der Waals surface area contributed by atoms with Crippen molar-refractivity contribution in [2.24, 2.45) is 0 Å². The summed E-state index contributed by atoms with van der Waals surface area (Å²) >= 11 is 0. The highest BCUT2D eigenvalue weighted by Gasteiger charge is 2.19. The summed E-state index contributed by atoms with van der Waals surface area (Å²) in [6.45, 7) is 6.60. The van der Waals surface area contributed by atoms with E-state index >= 15 is 0 Å². The molecule has 0 saturated carbocycles. The van der Waals surface area contributed by atoms with E-state index < -0.39 is 6.10 Å². The molecule has 0 bridgehead atoms. The van der Waals surface area contributed by atoms with Gasteiger partial charge in [-0.1, -0.05) is 236 Å². The molecule has 0 heterocycles. The lowest BCUT2D eigenvalue weighted by molar-refractivity contribution is -0.167. The summed E-state index contributed by atoms with van der Waals surface area (Å²) in [6, 6.07) is 0. The minimum absolute atomic E-state index is 0.0933. The molecule has 1 unspecified atom stereocenters. The van der Waals surface area contributed by atoms with Gasteiger partial charge < -0.3 is 14.2 Å². The van der Waals surface area contributed by atoms with Crippen LogP contribution in [0.1, 0.15) is 284 Å². The predicted molar refractivity (Wildman–Crippen MR) is 275 cm³/mol. The first-order valence-electron chi connectivity index (χ1n) is 27.6. The third kappa shape index (κ3) is 50.4. The lowest BCUT2D eigenvalue weighted by Gasteiger charge is -2.18. The van der Waals surface area contributed by atoms with E-state index in [0.29, 0.717) is 19.3 Å². The van der Waals surface area contributed by atoms with Crippen LogP contribution >= 0.6 is 0 Å². The normalized spacial score (nSPS) is 12.4. The SMILES string of the molecule is CCCCCCCC/C=C\C/C=C\C/C=C\CCCC(=O)OC(COC(=O)CCCCCCC/C=C\CCCCCCCCCCC)COC(=O)CCCCCCCCCCCCC. The molecular weight excluding hydrogens is 793 g/mol. The van der Waals surface area contributed by atoms with E-state index in [1.165, 1.54) is 173 Å². The Bertz CT molecular complexity index is 1120. The van der Waals surface area contributed by atoms with E-state index in [4.69, 9.17) is 14.2 Å². The fraction of sp³-hybridized carbons (Fsp3) is 0.810. The molecule has 6 heteroatoms. The number of rotatable bonds is 50. The molecule has 0 spiro atoms. The van der Waals surface area contributed by atoms with Crippen LogP contribution in [-0.4, -0.2) is 37.2 Å². The molecule has 0 amide bonds. The number of allylic oxidation sites excluding steroid dienone is 8. The van der Waals surface area contributed by atoms with Crippen LogP contribution in [0.5, 0.6) is 0 Å². The fourth-order valence-electron chi connectivity index (χ4n) is 7.87. The molecule has 0 aliphatic heterocycles. The maximum absolute atomic E-state index is 12.8. The van der Waals surface area contributed by atoms with Gasteiger partial charge in [0, 0.05) is 19.3 Å². The minimum atomic E-state index is -0.799. The standard InChI is InChI=1S/C58H104O6/c1-4-7-10-13-16-19-22-24-26-28-30-31-33-36-39-42-45-48-51-57(60)63-54-55(53-62-56(59)50-47-44-41-38-35-21-18-15-12-9-6-3)64-58(61)52-49-46-43-40-37-34-32-29-27-25-23-20-17-14-11-8-5-2/h25,27,30-32,34,40,43,55H,4-24,26,28-29,33,35-39,41-42,44-54H2,1-3H3/b27-25-,31-30-,34-32-,43-40-. The number of hydrogen-bond acceptors (Lipinski definition) is 6. The zero-order valence-electron chi connectivity index (χ0n) is 42.6. The molecule has 0 N–H and O–H groups in total. The molecular formula is C58H104O6. The van der Waals surface area contributed by atoms with Crippen LogP contribution < -0.4 is 0 Å². The summed E-state index contributed by atoms with van der Waals surface area (Å²) in [6.07, 6.45) is 63.9. The molecule has 0 fully saturated rings. The van der Waals surface area contributed by atoms with Gasteiger partial charge in [-0.2, -0.15) is 0 Å². The molecule has 64 heavy (non-hydrogen) atoms. The Balaban J connectivity index is 4.41. The number of ether oxygens (including phenoxy) is 3. The van der Waals surface area contributed by atoms with Gasteiger partial charge in [-0.05, 0) is 77.0 Å².